The van der Waals surface area contributed by atoms with Crippen LogP contribution in [0.4, 0.5) is 0 Å². The summed E-state index contributed by atoms with van der Waals surface area (Å²) in [5, 5.41) is 19.7. The van der Waals surface area contributed by atoms with Crippen molar-refractivity contribution in [2.24, 2.45) is 0 Å². The molecule has 1 rings (SSSR count). The number of hydrogen-bond acceptors (Lipinski definition) is 2. The van der Waals surface area contributed by atoms with E-state index in [1.165, 1.54) is 18.2 Å². The average Bonchev–Trinajstić information content (AvgIpc) is 1.94. The van der Waals surface area contributed by atoms with Crippen LogP contribution in [0.2, 0.25) is 5.02 Å². The molecule has 0 fully saturated rings. The fourth-order valence-corrected chi connectivity index (χ4v) is 0.999. The molecule has 1 aromatic rings. The largest absolute Gasteiger partial charge is 1.00 e. The number of benzene rings is 1. The summed E-state index contributed by atoms with van der Waals surface area (Å²) in [7, 11) is 0. The zero-order valence-electron chi connectivity index (χ0n) is 7.08. The van der Waals surface area contributed by atoms with Crippen LogP contribution in [0.3, 0.4) is 0 Å². The second-order valence-electron chi connectivity index (χ2n) is 2.32. The molecule has 0 heterocycles. The van der Waals surface area contributed by atoms with Gasteiger partial charge in [0.05, 0.1) is 6.42 Å². The van der Waals surface area contributed by atoms with Gasteiger partial charge in [-0.3, -0.25) is 4.79 Å². The predicted molar refractivity (Wildman–Crippen MR) is 42.2 cm³/mol. The maximum Gasteiger partial charge on any atom is 1.00 e. The molecule has 0 saturated heterocycles. The van der Waals surface area contributed by atoms with Crippen LogP contribution in [0.25, 0.3) is 0 Å². The van der Waals surface area contributed by atoms with Crippen LogP contribution in [0.5, 0.6) is 5.75 Å². The molecule has 64 valence electrons. The van der Waals surface area contributed by atoms with Gasteiger partial charge in [0.2, 0.25) is 0 Å². The molecule has 0 aliphatic rings. The van der Waals surface area contributed by atoms with Gasteiger partial charge in [0, 0.05) is 5.02 Å². The molecule has 13 heavy (non-hydrogen) atoms. The topological polar surface area (TPSA) is 60.4 Å². The molecule has 0 aromatic heterocycles. The van der Waals surface area contributed by atoms with E-state index in [0.717, 1.165) is 0 Å². The van der Waals surface area contributed by atoms with Crippen LogP contribution in [0.1, 0.15) is 5.56 Å². The van der Waals surface area contributed by atoms with E-state index in [1.807, 2.05) is 0 Å². The number of carboxylic acids is 1. The molecule has 0 radical (unpaired) electrons. The first-order valence-corrected chi connectivity index (χ1v) is 3.64. The van der Waals surface area contributed by atoms with Gasteiger partial charge in [-0.25, -0.2) is 0 Å². The molecule has 0 aliphatic heterocycles. The smallest absolute Gasteiger partial charge is 0.872 e. The van der Waals surface area contributed by atoms with Crippen LogP contribution in [-0.2, 0) is 11.2 Å². The molecule has 3 nitrogen and oxygen atoms in total. The molecule has 0 saturated carbocycles. The van der Waals surface area contributed by atoms with Crippen LogP contribution in [-0.4, -0.2) is 11.1 Å². The van der Waals surface area contributed by atoms with Crippen molar-refractivity contribution in [1.82, 2.24) is 0 Å². The maximum atomic E-state index is 11.0. The van der Waals surface area contributed by atoms with E-state index in [9.17, 15) is 9.90 Å². The Kier molecular flexibility index (Phi) is 5.40. The van der Waals surface area contributed by atoms with Crippen molar-refractivity contribution in [3.8, 4) is 5.75 Å². The minimum atomic E-state index is -1.02. The Morgan fingerprint density at radius 3 is 2.62 bits per heavy atom. The second-order valence-corrected chi connectivity index (χ2v) is 2.76. The first kappa shape index (κ1) is 12.8. The number of aliphatic carboxylic acids is 1. The Hall–Kier alpha value is -0.220. The van der Waals surface area contributed by atoms with Gasteiger partial charge in [0.1, 0.15) is 0 Å². The minimum absolute atomic E-state index is 0. The van der Waals surface area contributed by atoms with E-state index >= 15 is 0 Å². The Bertz CT molecular complexity index is 314. The van der Waals surface area contributed by atoms with Crippen molar-refractivity contribution < 1.29 is 44.6 Å². The van der Waals surface area contributed by atoms with E-state index in [0.29, 0.717) is 5.02 Å². The molecular weight excluding hydrogens is 203 g/mol. The maximum absolute atomic E-state index is 11.0. The van der Waals surface area contributed by atoms with Gasteiger partial charge in [-0.1, -0.05) is 23.7 Å². The Labute approximate surface area is 103 Å². The number of hydrogen-bond donors (Lipinski definition) is 1. The fraction of sp³-hybridized carbons (Fsp3) is 0.125. The third kappa shape index (κ3) is 4.00. The number of carboxylic acid groups (broad SMARTS) is 1. The van der Waals surface area contributed by atoms with Crippen LogP contribution >= 0.6 is 11.6 Å². The van der Waals surface area contributed by atoms with Gasteiger partial charge in [-0.15, -0.1) is 5.75 Å². The molecule has 1 aromatic carbocycles. The second kappa shape index (κ2) is 5.50. The van der Waals surface area contributed by atoms with E-state index < -0.39 is 5.97 Å². The summed E-state index contributed by atoms with van der Waals surface area (Å²) in [5.41, 5.74) is 0.256. The molecule has 5 heteroatoms. The van der Waals surface area contributed by atoms with E-state index in [2.05, 4.69) is 0 Å². The summed E-state index contributed by atoms with van der Waals surface area (Å²) in [6.07, 6.45) is -0.254. The molecule has 0 aliphatic carbocycles. The first-order chi connectivity index (χ1) is 5.59. The molecule has 0 spiro atoms. The van der Waals surface area contributed by atoms with Crippen LogP contribution in [0.15, 0.2) is 18.2 Å². The summed E-state index contributed by atoms with van der Waals surface area (Å²) < 4.78 is 0. The van der Waals surface area contributed by atoms with Gasteiger partial charge in [0.15, 0.2) is 0 Å². The fourth-order valence-electron chi connectivity index (χ4n) is 0.837. The zero-order chi connectivity index (χ0) is 9.14. The van der Waals surface area contributed by atoms with Crippen molar-refractivity contribution >= 4 is 17.6 Å². The minimum Gasteiger partial charge on any atom is -0.872 e. The predicted octanol–water partition coefficient (Wildman–Crippen LogP) is -1.96. The van der Waals surface area contributed by atoms with Gasteiger partial charge >= 0.3 is 35.5 Å². The van der Waals surface area contributed by atoms with Crippen LogP contribution < -0.4 is 34.7 Å². The third-order valence-corrected chi connectivity index (χ3v) is 1.61. The normalized spacial score (nSPS) is 9.00. The molecular formula is C8H6ClNaO3. The van der Waals surface area contributed by atoms with Crippen molar-refractivity contribution in [2.75, 3.05) is 0 Å². The quantitative estimate of drug-likeness (QED) is 0.575. The van der Waals surface area contributed by atoms with Crippen molar-refractivity contribution in [3.05, 3.63) is 28.8 Å². The number of rotatable bonds is 2. The number of carbonyl (C=O) groups is 1. The summed E-state index contributed by atoms with van der Waals surface area (Å²) in [6.45, 7) is 0. The van der Waals surface area contributed by atoms with Gasteiger partial charge in [0.25, 0.3) is 0 Å². The SMILES string of the molecule is O=C(O)Cc1ccc(Cl)cc1[O-].[Na+]. The van der Waals surface area contributed by atoms with Gasteiger partial charge in [-0.05, 0) is 11.6 Å². The van der Waals surface area contributed by atoms with Gasteiger partial charge in [-0.2, -0.15) is 0 Å². The monoisotopic (exact) mass is 208 g/mol. The standard InChI is InChI=1S/C8H7ClO3.Na/c9-6-2-1-5(3-8(11)12)7(10)4-6;/h1-2,4,10H,3H2,(H,11,12);/q;+1/p-1. The molecule has 0 unspecified atom stereocenters. The summed E-state index contributed by atoms with van der Waals surface area (Å²) in [6, 6.07) is 4.14. The van der Waals surface area contributed by atoms with Crippen LogP contribution in [0, 0.1) is 0 Å². The summed E-state index contributed by atoms with van der Waals surface area (Å²) >= 11 is 5.51. The van der Waals surface area contributed by atoms with E-state index in [-0.39, 0.29) is 47.3 Å². The summed E-state index contributed by atoms with van der Waals surface area (Å²) in [5.74, 6) is -1.35. The van der Waals surface area contributed by atoms with E-state index in [1.54, 1.807) is 0 Å². The summed E-state index contributed by atoms with van der Waals surface area (Å²) in [4.78, 5) is 10.2. The third-order valence-electron chi connectivity index (χ3n) is 1.37. The van der Waals surface area contributed by atoms with E-state index in [4.69, 9.17) is 16.7 Å². The molecule has 0 atom stereocenters. The Balaban J connectivity index is 0.00000144. The zero-order valence-corrected chi connectivity index (χ0v) is 9.84. The first-order valence-electron chi connectivity index (χ1n) is 3.27. The Morgan fingerprint density at radius 1 is 1.54 bits per heavy atom. The molecule has 1 N–H and O–H groups in total. The Morgan fingerprint density at radius 2 is 2.15 bits per heavy atom. The van der Waals surface area contributed by atoms with Crippen molar-refractivity contribution in [3.63, 3.8) is 0 Å². The van der Waals surface area contributed by atoms with Gasteiger partial charge < -0.3 is 10.2 Å². The molecule has 0 bridgehead atoms. The molecule has 0 amide bonds. The average molecular weight is 209 g/mol. The number of halogens is 1. The van der Waals surface area contributed by atoms with Crippen molar-refractivity contribution in [1.29, 1.82) is 0 Å². The van der Waals surface area contributed by atoms with Crippen molar-refractivity contribution in [2.45, 2.75) is 6.42 Å².